The van der Waals surface area contributed by atoms with Crippen molar-refractivity contribution in [3.8, 4) is 5.75 Å². The summed E-state index contributed by atoms with van der Waals surface area (Å²) in [4.78, 5) is 50.4. The van der Waals surface area contributed by atoms with Crippen molar-refractivity contribution in [1.29, 1.82) is 0 Å². The number of hydrogen-bond donors (Lipinski definition) is 2. The van der Waals surface area contributed by atoms with Crippen molar-refractivity contribution in [2.75, 3.05) is 7.11 Å². The molecule has 0 radical (unpaired) electrons. The van der Waals surface area contributed by atoms with Gasteiger partial charge in [0.25, 0.3) is 11.8 Å². The predicted octanol–water partition coefficient (Wildman–Crippen LogP) is 2.13. The van der Waals surface area contributed by atoms with Crippen molar-refractivity contribution in [3.63, 3.8) is 0 Å². The molecule has 1 atom stereocenters. The van der Waals surface area contributed by atoms with Crippen molar-refractivity contribution in [2.24, 2.45) is 0 Å². The Hall–Kier alpha value is -4.14. The zero-order chi connectivity index (χ0) is 23.1. The van der Waals surface area contributed by atoms with Gasteiger partial charge < -0.3 is 19.4 Å². The molecular formula is C24H21N3O6. The predicted molar refractivity (Wildman–Crippen MR) is 116 cm³/mol. The van der Waals surface area contributed by atoms with Crippen LogP contribution in [0.3, 0.4) is 0 Å². The first-order valence-electron chi connectivity index (χ1n) is 10.5. The average Bonchev–Trinajstić information content (AvgIpc) is 3.38. The molecule has 2 aromatic carbocycles. The molecule has 0 bridgehead atoms. The summed E-state index contributed by atoms with van der Waals surface area (Å²) < 4.78 is 10.8. The van der Waals surface area contributed by atoms with E-state index in [2.05, 4.69) is 10.6 Å². The summed E-state index contributed by atoms with van der Waals surface area (Å²) in [6, 6.07) is 11.7. The lowest BCUT2D eigenvalue weighted by Crippen LogP contribution is -2.52. The molecule has 5 rings (SSSR count). The van der Waals surface area contributed by atoms with E-state index in [-0.39, 0.29) is 43.0 Å². The number of imide groups is 1. The van der Waals surface area contributed by atoms with Crippen LogP contribution in [0, 0.1) is 0 Å². The Bertz CT molecular complexity index is 1310. The zero-order valence-electron chi connectivity index (χ0n) is 17.8. The maximum atomic E-state index is 12.8. The maximum absolute atomic E-state index is 12.8. The molecule has 4 amide bonds. The van der Waals surface area contributed by atoms with Crippen LogP contribution in [-0.2, 0) is 22.7 Å². The smallest absolute Gasteiger partial charge is 0.287 e. The molecule has 1 unspecified atom stereocenters. The largest absolute Gasteiger partial charge is 0.497 e. The quantitative estimate of drug-likeness (QED) is 0.579. The van der Waals surface area contributed by atoms with Gasteiger partial charge >= 0.3 is 0 Å². The van der Waals surface area contributed by atoms with E-state index < -0.39 is 11.9 Å². The zero-order valence-corrected chi connectivity index (χ0v) is 17.8. The number of fused-ring (bicyclic) bond motifs is 2. The van der Waals surface area contributed by atoms with Gasteiger partial charge in [-0.05, 0) is 41.8 Å². The number of piperidine rings is 1. The summed E-state index contributed by atoms with van der Waals surface area (Å²) in [5.74, 6) is -0.508. The van der Waals surface area contributed by atoms with Gasteiger partial charge in [0.1, 0.15) is 17.4 Å². The number of furan rings is 1. The molecule has 33 heavy (non-hydrogen) atoms. The fourth-order valence-corrected chi connectivity index (χ4v) is 4.26. The molecule has 2 N–H and O–H groups in total. The lowest BCUT2D eigenvalue weighted by atomic mass is 10.0. The maximum Gasteiger partial charge on any atom is 0.287 e. The fraction of sp³-hybridized carbons (Fsp3) is 0.250. The number of nitrogens with zero attached hydrogens (tertiary/aromatic N) is 1. The molecule has 9 nitrogen and oxygen atoms in total. The monoisotopic (exact) mass is 447 g/mol. The van der Waals surface area contributed by atoms with Crippen LogP contribution < -0.4 is 15.4 Å². The van der Waals surface area contributed by atoms with Gasteiger partial charge in [0.15, 0.2) is 5.76 Å². The standard InChI is InChI=1S/C24H21N3O6/c1-32-16-4-3-14-9-20(33-19(14)10-16)23(30)25-11-13-2-5-17-15(8-13)12-27(24(17)31)18-6-7-21(28)26-22(18)29/h2-5,8-10,18H,6-7,11-12H2,1H3,(H,25,30)(H,26,28,29). The van der Waals surface area contributed by atoms with Crippen molar-refractivity contribution in [3.05, 3.63) is 64.9 Å². The van der Waals surface area contributed by atoms with Crippen LogP contribution in [0.15, 0.2) is 46.9 Å². The Balaban J connectivity index is 1.26. The van der Waals surface area contributed by atoms with E-state index in [0.29, 0.717) is 23.3 Å². The molecule has 1 fully saturated rings. The second-order valence-electron chi connectivity index (χ2n) is 8.09. The van der Waals surface area contributed by atoms with Crippen LogP contribution in [-0.4, -0.2) is 41.7 Å². The summed E-state index contributed by atoms with van der Waals surface area (Å²) in [5, 5.41) is 5.92. The van der Waals surface area contributed by atoms with Crippen LogP contribution in [0.4, 0.5) is 0 Å². The Kier molecular flexibility index (Phi) is 5.08. The van der Waals surface area contributed by atoms with Crippen LogP contribution in [0.5, 0.6) is 5.75 Å². The minimum absolute atomic E-state index is 0.193. The summed E-state index contributed by atoms with van der Waals surface area (Å²) in [6.07, 6.45) is 0.527. The summed E-state index contributed by atoms with van der Waals surface area (Å²) in [6.45, 7) is 0.534. The van der Waals surface area contributed by atoms with E-state index >= 15 is 0 Å². The molecule has 2 aliphatic heterocycles. The van der Waals surface area contributed by atoms with Gasteiger partial charge in [0.2, 0.25) is 11.8 Å². The molecule has 1 saturated heterocycles. The van der Waals surface area contributed by atoms with Crippen LogP contribution in [0.25, 0.3) is 11.0 Å². The number of amides is 4. The van der Waals surface area contributed by atoms with Crippen LogP contribution in [0.1, 0.15) is 44.9 Å². The fourth-order valence-electron chi connectivity index (χ4n) is 4.26. The Labute approximate surface area is 188 Å². The molecule has 3 heterocycles. The number of benzene rings is 2. The topological polar surface area (TPSA) is 118 Å². The van der Waals surface area contributed by atoms with Crippen molar-refractivity contribution in [2.45, 2.75) is 32.0 Å². The highest BCUT2D eigenvalue weighted by Crippen LogP contribution is 2.28. The van der Waals surface area contributed by atoms with Crippen LogP contribution in [0.2, 0.25) is 0 Å². The molecule has 0 saturated carbocycles. The minimum atomic E-state index is -0.655. The number of methoxy groups -OCH3 is 1. The number of carbonyl (C=O) groups is 4. The molecule has 3 aromatic rings. The lowest BCUT2D eigenvalue weighted by molar-refractivity contribution is -0.136. The highest BCUT2D eigenvalue weighted by atomic mass is 16.5. The van der Waals surface area contributed by atoms with Crippen LogP contribution >= 0.6 is 0 Å². The molecular weight excluding hydrogens is 426 g/mol. The highest BCUT2D eigenvalue weighted by molar-refractivity contribution is 6.05. The van der Waals surface area contributed by atoms with E-state index in [1.165, 1.54) is 4.90 Å². The number of hydrogen-bond acceptors (Lipinski definition) is 6. The third-order valence-corrected chi connectivity index (χ3v) is 5.99. The number of nitrogens with one attached hydrogen (secondary N) is 2. The molecule has 0 spiro atoms. The Morgan fingerprint density at radius 1 is 1.18 bits per heavy atom. The van der Waals surface area contributed by atoms with E-state index in [9.17, 15) is 19.2 Å². The van der Waals surface area contributed by atoms with Gasteiger partial charge in [0, 0.05) is 36.5 Å². The van der Waals surface area contributed by atoms with Gasteiger partial charge in [-0.15, -0.1) is 0 Å². The highest BCUT2D eigenvalue weighted by Gasteiger charge is 2.39. The van der Waals surface area contributed by atoms with Gasteiger partial charge in [-0.25, -0.2) is 0 Å². The first kappa shape index (κ1) is 20.7. The van der Waals surface area contributed by atoms with E-state index in [1.54, 1.807) is 37.4 Å². The van der Waals surface area contributed by atoms with E-state index in [0.717, 1.165) is 16.5 Å². The van der Waals surface area contributed by atoms with Crippen molar-refractivity contribution in [1.82, 2.24) is 15.5 Å². The third kappa shape index (κ3) is 3.82. The third-order valence-electron chi connectivity index (χ3n) is 5.99. The number of ether oxygens (including phenoxy) is 1. The van der Waals surface area contributed by atoms with Gasteiger partial charge in [-0.2, -0.15) is 0 Å². The molecule has 2 aliphatic rings. The lowest BCUT2D eigenvalue weighted by Gasteiger charge is -2.29. The Morgan fingerprint density at radius 2 is 2.03 bits per heavy atom. The van der Waals surface area contributed by atoms with E-state index in [1.807, 2.05) is 12.1 Å². The minimum Gasteiger partial charge on any atom is -0.497 e. The second kappa shape index (κ2) is 8.09. The summed E-state index contributed by atoms with van der Waals surface area (Å²) >= 11 is 0. The molecule has 1 aromatic heterocycles. The van der Waals surface area contributed by atoms with E-state index in [4.69, 9.17) is 9.15 Å². The van der Waals surface area contributed by atoms with Gasteiger partial charge in [-0.1, -0.05) is 12.1 Å². The summed E-state index contributed by atoms with van der Waals surface area (Å²) in [5.41, 5.74) is 2.69. The second-order valence-corrected chi connectivity index (χ2v) is 8.09. The SMILES string of the molecule is COc1ccc2cc(C(=O)NCc3ccc4c(c3)CN(C3CCC(=O)NC3=O)C4=O)oc2c1. The first-order chi connectivity index (χ1) is 15.9. The summed E-state index contributed by atoms with van der Waals surface area (Å²) in [7, 11) is 1.56. The van der Waals surface area contributed by atoms with Crippen molar-refractivity contribution < 1.29 is 28.3 Å². The van der Waals surface area contributed by atoms with Gasteiger partial charge in [0.05, 0.1) is 7.11 Å². The van der Waals surface area contributed by atoms with Crippen molar-refractivity contribution >= 4 is 34.6 Å². The Morgan fingerprint density at radius 3 is 2.82 bits per heavy atom. The number of carbonyl (C=O) groups excluding carboxylic acids is 4. The average molecular weight is 447 g/mol. The van der Waals surface area contributed by atoms with Gasteiger partial charge in [-0.3, -0.25) is 24.5 Å². The number of rotatable bonds is 5. The molecule has 9 heteroatoms. The molecule has 0 aliphatic carbocycles. The first-order valence-corrected chi connectivity index (χ1v) is 10.5. The molecule has 168 valence electrons. The normalized spacial score (nSPS) is 17.8.